The zero-order valence-electron chi connectivity index (χ0n) is 8.66. The third-order valence-corrected chi connectivity index (χ3v) is 1.84. The van der Waals surface area contributed by atoms with Crippen molar-refractivity contribution in [2.45, 2.75) is 6.42 Å². The standard InChI is InChI=1S/C11H16N2O/c1-12-8-4-3-5-10-6-7-11(14-2)13-9-10/h3,5-7,9,12H,4,8H2,1-2H3. The molecule has 0 aliphatic rings. The third-order valence-electron chi connectivity index (χ3n) is 1.84. The molecule has 1 aromatic heterocycles. The van der Waals surface area contributed by atoms with E-state index in [2.05, 4.69) is 22.5 Å². The summed E-state index contributed by atoms with van der Waals surface area (Å²) in [7, 11) is 3.56. The van der Waals surface area contributed by atoms with Crippen LogP contribution >= 0.6 is 0 Å². The van der Waals surface area contributed by atoms with Gasteiger partial charge in [-0.05, 0) is 31.6 Å². The summed E-state index contributed by atoms with van der Waals surface area (Å²) in [6, 6.07) is 3.85. The van der Waals surface area contributed by atoms with E-state index in [1.165, 1.54) is 0 Å². The molecule has 0 bridgehead atoms. The summed E-state index contributed by atoms with van der Waals surface area (Å²) in [6.45, 7) is 1.00. The SMILES string of the molecule is CNCCC=Cc1ccc(OC)nc1. The van der Waals surface area contributed by atoms with E-state index in [4.69, 9.17) is 4.74 Å². The van der Waals surface area contributed by atoms with Crippen LogP contribution in [0.1, 0.15) is 12.0 Å². The average molecular weight is 192 g/mol. The first-order valence-electron chi connectivity index (χ1n) is 4.68. The molecule has 0 aliphatic heterocycles. The molecule has 1 N–H and O–H groups in total. The largest absolute Gasteiger partial charge is 0.481 e. The van der Waals surface area contributed by atoms with Gasteiger partial charge >= 0.3 is 0 Å². The van der Waals surface area contributed by atoms with Crippen LogP contribution in [-0.2, 0) is 0 Å². The van der Waals surface area contributed by atoms with Crippen molar-refractivity contribution in [2.75, 3.05) is 20.7 Å². The maximum atomic E-state index is 4.97. The van der Waals surface area contributed by atoms with Crippen LogP contribution in [0, 0.1) is 0 Å². The maximum Gasteiger partial charge on any atom is 0.212 e. The lowest BCUT2D eigenvalue weighted by Crippen LogP contribution is -2.05. The molecule has 0 aliphatic carbocycles. The third kappa shape index (κ3) is 3.58. The molecule has 0 spiro atoms. The number of hydrogen-bond donors (Lipinski definition) is 1. The van der Waals surface area contributed by atoms with Gasteiger partial charge in [-0.15, -0.1) is 0 Å². The van der Waals surface area contributed by atoms with Crippen molar-refractivity contribution in [3.8, 4) is 5.88 Å². The Bertz CT molecular complexity index is 280. The molecule has 0 atom stereocenters. The number of rotatable bonds is 5. The molecule has 0 saturated heterocycles. The second kappa shape index (κ2) is 6.16. The van der Waals surface area contributed by atoms with Crippen molar-refractivity contribution in [2.24, 2.45) is 0 Å². The summed E-state index contributed by atoms with van der Waals surface area (Å²) in [6.07, 6.45) is 7.01. The number of aromatic nitrogens is 1. The number of hydrogen-bond acceptors (Lipinski definition) is 3. The zero-order valence-corrected chi connectivity index (χ0v) is 8.66. The van der Waals surface area contributed by atoms with Gasteiger partial charge in [0.25, 0.3) is 0 Å². The maximum absolute atomic E-state index is 4.97. The molecule has 1 heterocycles. The van der Waals surface area contributed by atoms with Crippen molar-refractivity contribution in [3.63, 3.8) is 0 Å². The highest BCUT2D eigenvalue weighted by molar-refractivity contribution is 5.48. The van der Waals surface area contributed by atoms with E-state index in [0.29, 0.717) is 5.88 Å². The van der Waals surface area contributed by atoms with Crippen LogP contribution in [0.3, 0.4) is 0 Å². The Labute approximate surface area is 84.8 Å². The quantitative estimate of drug-likeness (QED) is 0.721. The number of pyridine rings is 1. The van der Waals surface area contributed by atoms with Gasteiger partial charge in [0.15, 0.2) is 0 Å². The van der Waals surface area contributed by atoms with E-state index < -0.39 is 0 Å². The highest BCUT2D eigenvalue weighted by Crippen LogP contribution is 2.07. The minimum atomic E-state index is 0.650. The fourth-order valence-corrected chi connectivity index (χ4v) is 1.06. The van der Waals surface area contributed by atoms with E-state index in [1.807, 2.05) is 19.2 Å². The number of nitrogens with one attached hydrogen (secondary N) is 1. The lowest BCUT2D eigenvalue weighted by Gasteiger charge is -1.97. The Hall–Kier alpha value is -1.35. The summed E-state index contributed by atoms with van der Waals surface area (Å²) in [5.41, 5.74) is 1.10. The summed E-state index contributed by atoms with van der Waals surface area (Å²) in [4.78, 5) is 4.11. The molecule has 0 fully saturated rings. The fraction of sp³-hybridized carbons (Fsp3) is 0.364. The minimum absolute atomic E-state index is 0.650. The Morgan fingerprint density at radius 2 is 2.36 bits per heavy atom. The summed E-state index contributed by atoms with van der Waals surface area (Å²) < 4.78 is 4.97. The Morgan fingerprint density at radius 3 is 2.93 bits per heavy atom. The van der Waals surface area contributed by atoms with Gasteiger partial charge < -0.3 is 10.1 Å². The molecule has 3 heteroatoms. The van der Waals surface area contributed by atoms with Crippen LogP contribution in [0.4, 0.5) is 0 Å². The van der Waals surface area contributed by atoms with Gasteiger partial charge in [0, 0.05) is 12.3 Å². The number of methoxy groups -OCH3 is 1. The second-order valence-electron chi connectivity index (χ2n) is 2.93. The van der Waals surface area contributed by atoms with E-state index in [9.17, 15) is 0 Å². The van der Waals surface area contributed by atoms with Crippen molar-refractivity contribution in [3.05, 3.63) is 30.0 Å². The molecular weight excluding hydrogens is 176 g/mol. The molecule has 0 unspecified atom stereocenters. The average Bonchev–Trinajstić information content (AvgIpc) is 2.25. The van der Waals surface area contributed by atoms with E-state index in [0.717, 1.165) is 18.5 Å². The summed E-state index contributed by atoms with van der Waals surface area (Å²) in [5.74, 6) is 0.650. The molecule has 0 saturated carbocycles. The Balaban J connectivity index is 2.47. The van der Waals surface area contributed by atoms with Crippen molar-refractivity contribution in [1.82, 2.24) is 10.3 Å². The predicted octanol–water partition coefficient (Wildman–Crippen LogP) is 1.71. The van der Waals surface area contributed by atoms with Crippen molar-refractivity contribution in [1.29, 1.82) is 0 Å². The van der Waals surface area contributed by atoms with E-state index in [-0.39, 0.29) is 0 Å². The lowest BCUT2D eigenvalue weighted by molar-refractivity contribution is 0.398. The molecule has 0 radical (unpaired) electrons. The van der Waals surface area contributed by atoms with Gasteiger partial charge in [-0.25, -0.2) is 4.98 Å². The molecule has 0 aromatic carbocycles. The highest BCUT2D eigenvalue weighted by Gasteiger charge is 1.90. The van der Waals surface area contributed by atoms with Gasteiger partial charge in [-0.3, -0.25) is 0 Å². The smallest absolute Gasteiger partial charge is 0.212 e. The lowest BCUT2D eigenvalue weighted by atomic mass is 10.2. The summed E-state index contributed by atoms with van der Waals surface area (Å²) >= 11 is 0. The first kappa shape index (κ1) is 10.7. The van der Waals surface area contributed by atoms with E-state index in [1.54, 1.807) is 13.3 Å². The van der Waals surface area contributed by atoms with Gasteiger partial charge in [-0.1, -0.05) is 12.2 Å². The second-order valence-corrected chi connectivity index (χ2v) is 2.93. The van der Waals surface area contributed by atoms with Crippen molar-refractivity contribution < 1.29 is 4.74 Å². The van der Waals surface area contributed by atoms with Gasteiger partial charge in [0.05, 0.1) is 7.11 Å². The van der Waals surface area contributed by atoms with Crippen LogP contribution in [0.25, 0.3) is 6.08 Å². The molecule has 14 heavy (non-hydrogen) atoms. The monoisotopic (exact) mass is 192 g/mol. The molecule has 0 amide bonds. The predicted molar refractivity (Wildman–Crippen MR) is 58.4 cm³/mol. The molecule has 1 rings (SSSR count). The molecular formula is C11H16N2O. The Morgan fingerprint density at radius 1 is 1.50 bits per heavy atom. The van der Waals surface area contributed by atoms with Crippen LogP contribution in [0.2, 0.25) is 0 Å². The molecule has 3 nitrogen and oxygen atoms in total. The van der Waals surface area contributed by atoms with E-state index >= 15 is 0 Å². The normalized spacial score (nSPS) is 10.7. The van der Waals surface area contributed by atoms with Gasteiger partial charge in [-0.2, -0.15) is 0 Å². The highest BCUT2D eigenvalue weighted by atomic mass is 16.5. The summed E-state index contributed by atoms with van der Waals surface area (Å²) in [5, 5.41) is 3.09. The minimum Gasteiger partial charge on any atom is -0.481 e. The van der Waals surface area contributed by atoms with Crippen molar-refractivity contribution >= 4 is 6.08 Å². The molecule has 76 valence electrons. The topological polar surface area (TPSA) is 34.1 Å². The van der Waals surface area contributed by atoms with Crippen LogP contribution in [0.15, 0.2) is 24.4 Å². The number of ether oxygens (including phenoxy) is 1. The Kier molecular flexibility index (Phi) is 4.72. The van der Waals surface area contributed by atoms with Gasteiger partial charge in [0.2, 0.25) is 5.88 Å². The molecule has 1 aromatic rings. The first-order valence-corrected chi connectivity index (χ1v) is 4.68. The van der Waals surface area contributed by atoms with Crippen LogP contribution in [0.5, 0.6) is 5.88 Å². The van der Waals surface area contributed by atoms with Crippen LogP contribution in [-0.4, -0.2) is 25.7 Å². The van der Waals surface area contributed by atoms with Gasteiger partial charge in [0.1, 0.15) is 0 Å². The van der Waals surface area contributed by atoms with Crippen LogP contribution < -0.4 is 10.1 Å². The zero-order chi connectivity index (χ0) is 10.2. The fourth-order valence-electron chi connectivity index (χ4n) is 1.06. The first-order chi connectivity index (χ1) is 6.86. The number of nitrogens with zero attached hydrogens (tertiary/aromatic N) is 1.